The number of aromatic amines is 1. The average molecular weight is 481 g/mol. The molecular weight excluding hydrogens is 452 g/mol. The number of H-pyrrole nitrogens is 1. The Kier molecular flexibility index (Phi) is 6.32. The first-order valence-electron chi connectivity index (χ1n) is 10.4. The van der Waals surface area contributed by atoms with Gasteiger partial charge in [-0.1, -0.05) is 48.0 Å². The van der Waals surface area contributed by atoms with Gasteiger partial charge in [-0.2, -0.15) is 4.31 Å². The lowest BCUT2D eigenvalue weighted by molar-refractivity contribution is 0.237. The van der Waals surface area contributed by atoms with E-state index in [0.29, 0.717) is 25.6 Å². The van der Waals surface area contributed by atoms with Gasteiger partial charge in [-0.25, -0.2) is 13.4 Å². The van der Waals surface area contributed by atoms with Crippen molar-refractivity contribution in [3.8, 4) is 0 Å². The molecule has 1 aromatic carbocycles. The van der Waals surface area contributed by atoms with Crippen LogP contribution in [0.3, 0.4) is 0 Å². The molecule has 29 heavy (non-hydrogen) atoms. The zero-order valence-corrected chi connectivity index (χ0v) is 19.3. The first kappa shape index (κ1) is 20.9. The minimum atomic E-state index is -3.32. The summed E-state index contributed by atoms with van der Waals surface area (Å²) in [6.45, 7) is 1.77. The van der Waals surface area contributed by atoms with Gasteiger partial charge in [0.2, 0.25) is 10.0 Å². The van der Waals surface area contributed by atoms with E-state index in [1.165, 1.54) is 38.4 Å². The van der Waals surface area contributed by atoms with E-state index in [0.717, 1.165) is 27.8 Å². The van der Waals surface area contributed by atoms with E-state index in [2.05, 4.69) is 36.9 Å². The number of hydrogen-bond donors (Lipinski definition) is 1. The highest BCUT2D eigenvalue weighted by Crippen LogP contribution is 2.35. The second-order valence-corrected chi connectivity index (χ2v) is 11.3. The lowest BCUT2D eigenvalue weighted by atomic mass is 9.84. The van der Waals surface area contributed by atoms with Gasteiger partial charge in [0.1, 0.15) is 0 Å². The molecule has 0 amide bonds. The second-order valence-electron chi connectivity index (χ2n) is 8.42. The normalized spacial score (nSPS) is 21.7. The molecule has 0 radical (unpaired) electrons. The summed E-state index contributed by atoms with van der Waals surface area (Å²) in [5.41, 5.74) is 3.09. The Morgan fingerprint density at radius 2 is 2.03 bits per heavy atom. The highest BCUT2D eigenvalue weighted by molar-refractivity contribution is 9.10. The third kappa shape index (κ3) is 5.03. The van der Waals surface area contributed by atoms with Gasteiger partial charge in [-0.15, -0.1) is 0 Å². The number of nitrogens with zero attached hydrogens (tertiary/aromatic N) is 3. The summed E-state index contributed by atoms with van der Waals surface area (Å²) >= 11 is 3.56. The Morgan fingerprint density at radius 1 is 1.24 bits per heavy atom. The van der Waals surface area contributed by atoms with Crippen molar-refractivity contribution in [2.75, 3.05) is 17.7 Å². The molecule has 1 atom stereocenters. The maximum absolute atomic E-state index is 12.8. The van der Waals surface area contributed by atoms with E-state index in [1.807, 2.05) is 18.3 Å². The molecule has 1 aliphatic heterocycles. The largest absolute Gasteiger partial charge is 0.364 e. The number of aromatic nitrogens is 2. The smallest absolute Gasteiger partial charge is 0.211 e. The molecule has 1 aromatic heterocycles. The molecule has 0 unspecified atom stereocenters. The van der Waals surface area contributed by atoms with Crippen molar-refractivity contribution in [2.45, 2.75) is 57.7 Å². The standard InChI is InChI=1S/C21H29BrN4O2S/c1-29(27,28)26-12-17-10-18(22)7-8-21(17)25(13-19-11-23-15-24-19)14-20(26)9-16-5-3-2-4-6-16/h7-8,10-11,15-16,20H,2-6,9,12-14H2,1H3,(H,23,24)/t20-/m0/s1. The number of sulfonamides is 1. The zero-order chi connectivity index (χ0) is 20.4. The predicted molar refractivity (Wildman–Crippen MR) is 119 cm³/mol. The van der Waals surface area contributed by atoms with Crippen LogP contribution in [0.2, 0.25) is 0 Å². The lowest BCUT2D eigenvalue weighted by Gasteiger charge is -2.34. The van der Waals surface area contributed by atoms with Crippen molar-refractivity contribution in [3.05, 3.63) is 46.5 Å². The molecule has 2 aromatic rings. The fourth-order valence-electron chi connectivity index (χ4n) is 4.84. The van der Waals surface area contributed by atoms with E-state index in [1.54, 1.807) is 10.6 Å². The van der Waals surface area contributed by atoms with Gasteiger partial charge >= 0.3 is 0 Å². The summed E-state index contributed by atoms with van der Waals surface area (Å²) in [5.74, 6) is 0.609. The van der Waals surface area contributed by atoms with Crippen LogP contribution in [0, 0.1) is 5.92 Å². The molecule has 0 bridgehead atoms. The minimum Gasteiger partial charge on any atom is -0.364 e. The first-order chi connectivity index (χ1) is 13.9. The Balaban J connectivity index is 1.69. The summed E-state index contributed by atoms with van der Waals surface area (Å²) in [7, 11) is -3.32. The molecule has 1 aliphatic carbocycles. The van der Waals surface area contributed by atoms with Gasteiger partial charge in [0, 0.05) is 35.5 Å². The average Bonchev–Trinajstić information content (AvgIpc) is 3.13. The van der Waals surface area contributed by atoms with Gasteiger partial charge in [0.15, 0.2) is 0 Å². The zero-order valence-electron chi connectivity index (χ0n) is 16.8. The predicted octanol–water partition coefficient (Wildman–Crippen LogP) is 4.29. The van der Waals surface area contributed by atoms with Crippen molar-refractivity contribution >= 4 is 31.6 Å². The number of fused-ring (bicyclic) bond motifs is 1. The van der Waals surface area contributed by atoms with Crippen molar-refractivity contribution in [2.24, 2.45) is 5.92 Å². The minimum absolute atomic E-state index is 0.0294. The first-order valence-corrected chi connectivity index (χ1v) is 13.0. The molecular formula is C21H29BrN4O2S. The van der Waals surface area contributed by atoms with Crippen molar-refractivity contribution in [1.82, 2.24) is 14.3 Å². The molecule has 4 rings (SSSR count). The van der Waals surface area contributed by atoms with Crippen LogP contribution in [0.4, 0.5) is 5.69 Å². The van der Waals surface area contributed by atoms with E-state index < -0.39 is 10.0 Å². The van der Waals surface area contributed by atoms with E-state index >= 15 is 0 Å². The van der Waals surface area contributed by atoms with Crippen LogP contribution >= 0.6 is 15.9 Å². The van der Waals surface area contributed by atoms with E-state index in [-0.39, 0.29) is 6.04 Å². The number of nitrogens with one attached hydrogen (secondary N) is 1. The summed E-state index contributed by atoms with van der Waals surface area (Å²) < 4.78 is 28.3. The molecule has 2 heterocycles. The van der Waals surface area contributed by atoms with Gasteiger partial charge in [0.25, 0.3) is 0 Å². The maximum Gasteiger partial charge on any atom is 0.211 e. The van der Waals surface area contributed by atoms with Crippen LogP contribution in [-0.4, -0.2) is 41.5 Å². The Hall–Kier alpha value is -1.38. The molecule has 158 valence electrons. The SMILES string of the molecule is CS(=O)(=O)N1Cc2cc(Br)ccc2N(Cc2c[nH]cn2)C[C@@H]1CC1CCCCC1. The summed E-state index contributed by atoms with van der Waals surface area (Å²) in [6, 6.07) is 6.14. The number of halogens is 1. The third-order valence-electron chi connectivity index (χ3n) is 6.21. The molecule has 0 spiro atoms. The number of benzene rings is 1. The molecule has 1 saturated carbocycles. The van der Waals surface area contributed by atoms with Gasteiger partial charge in [-0.3, -0.25) is 0 Å². The number of rotatable bonds is 5. The van der Waals surface area contributed by atoms with Crippen LogP contribution in [0.1, 0.15) is 49.8 Å². The fourth-order valence-corrected chi connectivity index (χ4v) is 6.32. The summed E-state index contributed by atoms with van der Waals surface area (Å²) in [6.07, 6.45) is 12.1. The quantitative estimate of drug-likeness (QED) is 0.692. The third-order valence-corrected chi connectivity index (χ3v) is 7.98. The lowest BCUT2D eigenvalue weighted by Crippen LogP contribution is -2.45. The van der Waals surface area contributed by atoms with Crippen LogP contribution in [0.15, 0.2) is 35.2 Å². The number of hydrogen-bond acceptors (Lipinski definition) is 4. The van der Waals surface area contributed by atoms with Crippen LogP contribution in [-0.2, 0) is 23.1 Å². The van der Waals surface area contributed by atoms with E-state index in [4.69, 9.17) is 0 Å². The Morgan fingerprint density at radius 3 is 2.72 bits per heavy atom. The van der Waals surface area contributed by atoms with Gasteiger partial charge in [0.05, 0.1) is 24.8 Å². The highest BCUT2D eigenvalue weighted by Gasteiger charge is 2.35. The van der Waals surface area contributed by atoms with Gasteiger partial charge in [-0.05, 0) is 36.1 Å². The molecule has 0 saturated heterocycles. The van der Waals surface area contributed by atoms with Crippen molar-refractivity contribution in [3.63, 3.8) is 0 Å². The Bertz CT molecular complexity index is 926. The number of anilines is 1. The van der Waals surface area contributed by atoms with Crippen molar-refractivity contribution in [1.29, 1.82) is 0 Å². The van der Waals surface area contributed by atoms with Crippen LogP contribution in [0.5, 0.6) is 0 Å². The highest BCUT2D eigenvalue weighted by atomic mass is 79.9. The monoisotopic (exact) mass is 480 g/mol. The number of imidazole rings is 1. The molecule has 1 fully saturated rings. The molecule has 6 nitrogen and oxygen atoms in total. The fraction of sp³-hybridized carbons (Fsp3) is 0.571. The molecule has 2 aliphatic rings. The molecule has 8 heteroatoms. The van der Waals surface area contributed by atoms with Gasteiger partial charge < -0.3 is 9.88 Å². The van der Waals surface area contributed by atoms with E-state index in [9.17, 15) is 8.42 Å². The maximum atomic E-state index is 12.8. The summed E-state index contributed by atoms with van der Waals surface area (Å²) in [4.78, 5) is 9.73. The summed E-state index contributed by atoms with van der Waals surface area (Å²) in [5, 5.41) is 0. The molecule has 1 N–H and O–H groups in total. The topological polar surface area (TPSA) is 69.3 Å². The second kappa shape index (κ2) is 8.78. The van der Waals surface area contributed by atoms with Crippen LogP contribution in [0.25, 0.3) is 0 Å². The Labute approximate surface area is 181 Å². The van der Waals surface area contributed by atoms with Crippen molar-refractivity contribution < 1.29 is 8.42 Å². The van der Waals surface area contributed by atoms with Crippen LogP contribution < -0.4 is 4.90 Å².